The number of unbranched alkanes of at least 4 members (excludes halogenated alkanes) is 1. The number of anilines is 1. The Bertz CT molecular complexity index is 1770. The molecule has 2 heterocycles. The second-order valence-electron chi connectivity index (χ2n) is 9.82. The van der Waals surface area contributed by atoms with Gasteiger partial charge in [-0.15, -0.1) is 0 Å². The van der Waals surface area contributed by atoms with Gasteiger partial charge in [-0.25, -0.2) is 4.79 Å². The normalized spacial score (nSPS) is 14.1. The van der Waals surface area contributed by atoms with E-state index < -0.39 is 29.6 Å². The molecule has 5 rings (SSSR count). The predicted molar refractivity (Wildman–Crippen MR) is 170 cm³/mol. The summed E-state index contributed by atoms with van der Waals surface area (Å²) in [6.45, 7) is 2.27. The molecule has 8 nitrogen and oxygen atoms in total. The minimum atomic E-state index is -0.604. The quantitative estimate of drug-likeness (QED) is 0.109. The molecule has 1 fully saturated rings. The fourth-order valence-electron chi connectivity index (χ4n) is 4.60. The summed E-state index contributed by atoms with van der Waals surface area (Å²) in [6, 6.07) is 19.8. The summed E-state index contributed by atoms with van der Waals surface area (Å²) >= 11 is 13.3. The molecule has 43 heavy (non-hydrogen) atoms. The Hall–Kier alpha value is -4.05. The maximum Gasteiger partial charge on any atom is 0.339 e. The predicted octanol–water partition coefficient (Wildman–Crippen LogP) is 7.63. The van der Waals surface area contributed by atoms with E-state index >= 15 is 0 Å². The number of esters is 1. The Morgan fingerprint density at radius 1 is 1.00 bits per heavy atom. The van der Waals surface area contributed by atoms with Crippen LogP contribution in [0.1, 0.15) is 41.3 Å². The number of fused-ring (bicyclic) bond motifs is 1. The molecule has 1 saturated heterocycles. The average molecular weight is 637 g/mol. The molecule has 3 aromatic carbocycles. The van der Waals surface area contributed by atoms with E-state index in [1.807, 2.05) is 66.2 Å². The molecular formula is C32H27Cl2N3O5S. The zero-order valence-corrected chi connectivity index (χ0v) is 25.5. The van der Waals surface area contributed by atoms with Crippen LogP contribution in [0.2, 0.25) is 10.0 Å². The monoisotopic (exact) mass is 635 g/mol. The van der Waals surface area contributed by atoms with Crippen LogP contribution in [-0.2, 0) is 20.9 Å². The van der Waals surface area contributed by atoms with Crippen LogP contribution in [0, 0.1) is 0 Å². The molecule has 0 radical (unpaired) electrons. The first-order chi connectivity index (χ1) is 20.7. The third-order valence-electron chi connectivity index (χ3n) is 6.78. The van der Waals surface area contributed by atoms with Gasteiger partial charge in [0.05, 0.1) is 22.1 Å². The van der Waals surface area contributed by atoms with Gasteiger partial charge in [0.25, 0.3) is 11.1 Å². The summed E-state index contributed by atoms with van der Waals surface area (Å²) in [6.07, 6.45) is 5.17. The van der Waals surface area contributed by atoms with Crippen molar-refractivity contribution in [2.24, 2.45) is 0 Å². The van der Waals surface area contributed by atoms with Crippen LogP contribution in [0.25, 0.3) is 17.0 Å². The van der Waals surface area contributed by atoms with Crippen molar-refractivity contribution < 1.29 is 23.9 Å². The lowest BCUT2D eigenvalue weighted by Gasteiger charge is -2.13. The van der Waals surface area contributed by atoms with Gasteiger partial charge in [0.2, 0.25) is 5.91 Å². The number of aromatic nitrogens is 1. The molecule has 3 amide bonds. The van der Waals surface area contributed by atoms with Crippen LogP contribution < -0.4 is 5.32 Å². The molecule has 4 aromatic rings. The number of hydrogen-bond acceptors (Lipinski definition) is 6. The van der Waals surface area contributed by atoms with Gasteiger partial charge in [-0.05, 0) is 60.2 Å². The van der Waals surface area contributed by atoms with Crippen molar-refractivity contribution in [3.05, 3.63) is 105 Å². The Morgan fingerprint density at radius 3 is 2.56 bits per heavy atom. The summed E-state index contributed by atoms with van der Waals surface area (Å²) in [5, 5.41) is 3.82. The highest BCUT2D eigenvalue weighted by Crippen LogP contribution is 2.34. The minimum absolute atomic E-state index is 0.110. The first kappa shape index (κ1) is 30.4. The topological polar surface area (TPSA) is 97.7 Å². The number of thioether (sulfide) groups is 1. The average Bonchev–Trinajstić information content (AvgIpc) is 3.46. The van der Waals surface area contributed by atoms with Crippen LogP contribution in [-0.4, -0.2) is 45.6 Å². The van der Waals surface area contributed by atoms with Crippen LogP contribution in [0.15, 0.2) is 77.8 Å². The first-order valence-electron chi connectivity index (χ1n) is 13.6. The number of ether oxygens (including phenoxy) is 1. The molecule has 0 saturated carbocycles. The van der Waals surface area contributed by atoms with E-state index in [2.05, 4.69) is 5.32 Å². The number of para-hydroxylation sites is 1. The number of carbonyl (C=O) groups excluding carboxylic acids is 4. The van der Waals surface area contributed by atoms with E-state index in [0.29, 0.717) is 11.6 Å². The SMILES string of the molecule is CCCCOC(=O)c1cc(NC(=O)CN2C(=O)S/C(=C/c3cn(Cc4ccccc4Cl)c4ccccc34)C2=O)ccc1Cl. The van der Waals surface area contributed by atoms with Crippen molar-refractivity contribution in [3.8, 4) is 0 Å². The smallest absolute Gasteiger partial charge is 0.339 e. The number of amides is 3. The Morgan fingerprint density at radius 2 is 1.77 bits per heavy atom. The second-order valence-corrected chi connectivity index (χ2v) is 11.6. The van der Waals surface area contributed by atoms with E-state index in [1.54, 1.807) is 6.08 Å². The minimum Gasteiger partial charge on any atom is -0.462 e. The number of benzene rings is 3. The second kappa shape index (κ2) is 13.5. The molecule has 1 aliphatic heterocycles. The highest BCUT2D eigenvalue weighted by Gasteiger charge is 2.36. The standard InChI is InChI=1S/C32H27Cl2N3O5S/c1-2-3-14-42-31(40)24-16-22(12-13-26(24)34)35-29(38)19-37-30(39)28(43-32(37)41)15-21-18-36(27-11-7-5-9-23(21)27)17-20-8-4-6-10-25(20)33/h4-13,15-16,18H,2-3,14,17,19H2,1H3,(H,35,38)/b28-15+. The molecule has 0 atom stereocenters. The van der Waals surface area contributed by atoms with E-state index in [-0.39, 0.29) is 27.8 Å². The van der Waals surface area contributed by atoms with Crippen molar-refractivity contribution in [2.45, 2.75) is 26.3 Å². The number of rotatable bonds is 10. The summed E-state index contributed by atoms with van der Waals surface area (Å²) in [5.41, 5.74) is 3.05. The van der Waals surface area contributed by atoms with Crippen molar-refractivity contribution in [3.63, 3.8) is 0 Å². The van der Waals surface area contributed by atoms with Gasteiger partial charge >= 0.3 is 5.97 Å². The third kappa shape index (κ3) is 6.96. The van der Waals surface area contributed by atoms with Crippen molar-refractivity contribution >= 4 is 80.7 Å². The van der Waals surface area contributed by atoms with Crippen LogP contribution in [0.3, 0.4) is 0 Å². The van der Waals surface area contributed by atoms with Crippen molar-refractivity contribution in [1.82, 2.24) is 9.47 Å². The maximum absolute atomic E-state index is 13.2. The van der Waals surface area contributed by atoms with Gasteiger partial charge in [0.1, 0.15) is 6.54 Å². The van der Waals surface area contributed by atoms with E-state index in [4.69, 9.17) is 27.9 Å². The number of nitrogens with zero attached hydrogens (tertiary/aromatic N) is 2. The van der Waals surface area contributed by atoms with Gasteiger partial charge in [0, 0.05) is 39.9 Å². The first-order valence-corrected chi connectivity index (χ1v) is 15.2. The van der Waals surface area contributed by atoms with Crippen LogP contribution in [0.5, 0.6) is 0 Å². The number of halogens is 2. The van der Waals surface area contributed by atoms with Crippen molar-refractivity contribution in [1.29, 1.82) is 0 Å². The van der Waals surface area contributed by atoms with Gasteiger partial charge in [-0.2, -0.15) is 0 Å². The lowest BCUT2D eigenvalue weighted by Crippen LogP contribution is -2.36. The molecule has 0 bridgehead atoms. The summed E-state index contributed by atoms with van der Waals surface area (Å²) in [7, 11) is 0. The third-order valence-corrected chi connectivity index (χ3v) is 8.39. The Kier molecular flexibility index (Phi) is 9.55. The fourth-order valence-corrected chi connectivity index (χ4v) is 5.82. The molecule has 0 aliphatic carbocycles. The lowest BCUT2D eigenvalue weighted by molar-refractivity contribution is -0.127. The molecular weight excluding hydrogens is 609 g/mol. The summed E-state index contributed by atoms with van der Waals surface area (Å²) in [5.74, 6) is -1.77. The lowest BCUT2D eigenvalue weighted by atomic mass is 10.1. The highest BCUT2D eigenvalue weighted by atomic mass is 35.5. The van der Waals surface area contributed by atoms with Crippen molar-refractivity contribution in [2.75, 3.05) is 18.5 Å². The molecule has 1 aromatic heterocycles. The number of carbonyl (C=O) groups is 4. The van der Waals surface area contributed by atoms with Gasteiger partial charge in [-0.1, -0.05) is 72.9 Å². The van der Waals surface area contributed by atoms with Gasteiger partial charge in [-0.3, -0.25) is 19.3 Å². The molecule has 1 N–H and O–H groups in total. The number of imide groups is 1. The maximum atomic E-state index is 13.2. The van der Waals surface area contributed by atoms with E-state index in [1.165, 1.54) is 18.2 Å². The summed E-state index contributed by atoms with van der Waals surface area (Å²) in [4.78, 5) is 52.3. The molecule has 11 heteroatoms. The van der Waals surface area contributed by atoms with E-state index in [9.17, 15) is 19.2 Å². The van der Waals surface area contributed by atoms with E-state index in [0.717, 1.165) is 51.5 Å². The summed E-state index contributed by atoms with van der Waals surface area (Å²) < 4.78 is 7.26. The van der Waals surface area contributed by atoms with Gasteiger partial charge in [0.15, 0.2) is 0 Å². The van der Waals surface area contributed by atoms with Crippen LogP contribution >= 0.6 is 35.0 Å². The van der Waals surface area contributed by atoms with Crippen LogP contribution in [0.4, 0.5) is 10.5 Å². The number of hydrogen-bond donors (Lipinski definition) is 1. The molecule has 1 aliphatic rings. The largest absolute Gasteiger partial charge is 0.462 e. The zero-order chi connectivity index (χ0) is 30.5. The molecule has 220 valence electrons. The zero-order valence-electron chi connectivity index (χ0n) is 23.1. The fraction of sp³-hybridized carbons (Fsp3) is 0.188. The van der Waals surface area contributed by atoms with Gasteiger partial charge < -0.3 is 14.6 Å². The Balaban J connectivity index is 1.30. The number of nitrogens with one attached hydrogen (secondary N) is 1. The molecule has 0 spiro atoms. The molecule has 0 unspecified atom stereocenters. The highest BCUT2D eigenvalue weighted by molar-refractivity contribution is 8.18. The Labute approximate surface area is 262 Å².